The number of benzene rings is 1. The highest BCUT2D eigenvalue weighted by atomic mass is 19.1. The van der Waals surface area contributed by atoms with Gasteiger partial charge in [0.15, 0.2) is 0 Å². The number of nitrogens with two attached hydrogens (primary N) is 1. The van der Waals surface area contributed by atoms with Crippen LogP contribution in [-0.4, -0.2) is 22.3 Å². The molecule has 3 rings (SSSR count). The van der Waals surface area contributed by atoms with E-state index in [2.05, 4.69) is 9.88 Å². The van der Waals surface area contributed by atoms with Crippen molar-refractivity contribution in [1.29, 1.82) is 0 Å². The summed E-state index contributed by atoms with van der Waals surface area (Å²) in [6.45, 7) is 1.34. The SMILES string of the molecule is NC(=O)CCc1cccc(C2CCCN2Cc2cc(F)cc(F)c2)n1. The predicted octanol–water partition coefficient (Wildman–Crippen LogP) is 3.11. The molecule has 1 unspecified atom stereocenters. The molecule has 0 aliphatic carbocycles. The van der Waals surface area contributed by atoms with E-state index >= 15 is 0 Å². The molecule has 0 spiro atoms. The van der Waals surface area contributed by atoms with Crippen LogP contribution in [0.3, 0.4) is 0 Å². The van der Waals surface area contributed by atoms with E-state index in [0.29, 0.717) is 18.5 Å². The first-order valence-electron chi connectivity index (χ1n) is 8.44. The highest BCUT2D eigenvalue weighted by Crippen LogP contribution is 2.32. The van der Waals surface area contributed by atoms with Gasteiger partial charge in [-0.05, 0) is 55.6 Å². The maximum absolute atomic E-state index is 13.4. The van der Waals surface area contributed by atoms with Crippen LogP contribution in [0.2, 0.25) is 0 Å². The first-order chi connectivity index (χ1) is 12.0. The Morgan fingerprint density at radius 2 is 2.00 bits per heavy atom. The first kappa shape index (κ1) is 17.5. The Labute approximate surface area is 145 Å². The molecule has 1 amide bonds. The molecule has 2 heterocycles. The van der Waals surface area contributed by atoms with Gasteiger partial charge in [-0.25, -0.2) is 8.78 Å². The Hall–Kier alpha value is -2.34. The lowest BCUT2D eigenvalue weighted by atomic mass is 10.1. The number of likely N-dealkylation sites (tertiary alicyclic amines) is 1. The van der Waals surface area contributed by atoms with Gasteiger partial charge in [0.25, 0.3) is 0 Å². The highest BCUT2D eigenvalue weighted by molar-refractivity contribution is 5.73. The van der Waals surface area contributed by atoms with Crippen molar-refractivity contribution in [2.45, 2.75) is 38.3 Å². The maximum Gasteiger partial charge on any atom is 0.217 e. The monoisotopic (exact) mass is 345 g/mol. The van der Waals surface area contributed by atoms with Crippen molar-refractivity contribution in [3.05, 3.63) is 65.0 Å². The smallest absolute Gasteiger partial charge is 0.217 e. The van der Waals surface area contributed by atoms with Gasteiger partial charge in [-0.2, -0.15) is 0 Å². The number of aromatic nitrogens is 1. The molecule has 1 aliphatic heterocycles. The minimum absolute atomic E-state index is 0.111. The lowest BCUT2D eigenvalue weighted by Crippen LogP contribution is -2.24. The van der Waals surface area contributed by atoms with E-state index in [1.165, 1.54) is 12.1 Å². The molecule has 1 aliphatic rings. The lowest BCUT2D eigenvalue weighted by Gasteiger charge is -2.24. The van der Waals surface area contributed by atoms with Crippen molar-refractivity contribution in [3.63, 3.8) is 0 Å². The van der Waals surface area contributed by atoms with Crippen molar-refractivity contribution in [1.82, 2.24) is 9.88 Å². The summed E-state index contributed by atoms with van der Waals surface area (Å²) in [4.78, 5) is 17.8. The van der Waals surface area contributed by atoms with Gasteiger partial charge >= 0.3 is 0 Å². The number of primary amides is 1. The van der Waals surface area contributed by atoms with Crippen LogP contribution in [0.25, 0.3) is 0 Å². The van der Waals surface area contributed by atoms with Crippen LogP contribution >= 0.6 is 0 Å². The van der Waals surface area contributed by atoms with Crippen LogP contribution in [0.15, 0.2) is 36.4 Å². The Balaban J connectivity index is 1.75. The number of carbonyl (C=O) groups is 1. The summed E-state index contributed by atoms with van der Waals surface area (Å²) in [6, 6.07) is 9.51. The zero-order chi connectivity index (χ0) is 17.8. The molecule has 0 radical (unpaired) electrons. The van der Waals surface area contributed by atoms with Gasteiger partial charge in [-0.1, -0.05) is 6.07 Å². The molecule has 25 heavy (non-hydrogen) atoms. The number of carbonyl (C=O) groups excluding carboxylic acids is 1. The fraction of sp³-hybridized carbons (Fsp3) is 0.368. The van der Waals surface area contributed by atoms with Crippen LogP contribution in [0.5, 0.6) is 0 Å². The van der Waals surface area contributed by atoms with Crippen LogP contribution in [0.4, 0.5) is 8.78 Å². The summed E-state index contributed by atoms with van der Waals surface area (Å²) in [6.07, 6.45) is 2.75. The summed E-state index contributed by atoms with van der Waals surface area (Å²) in [5.41, 5.74) is 7.58. The zero-order valence-corrected chi connectivity index (χ0v) is 13.9. The van der Waals surface area contributed by atoms with Crippen molar-refractivity contribution in [2.24, 2.45) is 5.73 Å². The molecule has 2 N–H and O–H groups in total. The van der Waals surface area contributed by atoms with Gasteiger partial charge in [-0.3, -0.25) is 14.7 Å². The Bertz CT molecular complexity index is 746. The second-order valence-electron chi connectivity index (χ2n) is 6.43. The number of pyridine rings is 1. The predicted molar refractivity (Wildman–Crippen MR) is 90.5 cm³/mol. The summed E-state index contributed by atoms with van der Waals surface area (Å²) < 4.78 is 26.8. The van der Waals surface area contributed by atoms with E-state index in [0.717, 1.165) is 36.8 Å². The molecule has 132 valence electrons. The molecule has 0 bridgehead atoms. The van der Waals surface area contributed by atoms with Gasteiger partial charge in [-0.15, -0.1) is 0 Å². The summed E-state index contributed by atoms with van der Waals surface area (Å²) in [5.74, 6) is -1.46. The molecule has 4 nitrogen and oxygen atoms in total. The van der Waals surface area contributed by atoms with Crippen LogP contribution in [0, 0.1) is 11.6 Å². The average molecular weight is 345 g/mol. The zero-order valence-electron chi connectivity index (χ0n) is 13.9. The molecule has 6 heteroatoms. The number of halogens is 2. The summed E-state index contributed by atoms with van der Waals surface area (Å²) in [7, 11) is 0. The fourth-order valence-corrected chi connectivity index (χ4v) is 3.36. The van der Waals surface area contributed by atoms with Crippen molar-refractivity contribution in [3.8, 4) is 0 Å². The van der Waals surface area contributed by atoms with Crippen molar-refractivity contribution in [2.75, 3.05) is 6.54 Å². The van der Waals surface area contributed by atoms with Crippen LogP contribution < -0.4 is 5.73 Å². The minimum Gasteiger partial charge on any atom is -0.370 e. The summed E-state index contributed by atoms with van der Waals surface area (Å²) in [5, 5.41) is 0. The van der Waals surface area contributed by atoms with E-state index in [1.807, 2.05) is 18.2 Å². The number of hydrogen-bond donors (Lipinski definition) is 1. The standard InChI is InChI=1S/C19H21F2N3O/c20-14-9-13(10-15(21)11-14)12-24-8-2-5-18(24)17-4-1-3-16(23-17)6-7-19(22)25/h1,3-4,9-11,18H,2,5-8,12H2,(H2,22,25). The molecular formula is C19H21F2N3O. The molecule has 2 aromatic rings. The number of nitrogens with zero attached hydrogens (tertiary/aromatic N) is 2. The minimum atomic E-state index is -0.558. The molecule has 1 aromatic carbocycles. The van der Waals surface area contributed by atoms with Gasteiger partial charge in [0.05, 0.1) is 11.7 Å². The second kappa shape index (κ2) is 7.70. The van der Waals surface area contributed by atoms with E-state index < -0.39 is 11.6 Å². The molecule has 1 saturated heterocycles. The number of rotatable bonds is 6. The molecule has 1 aromatic heterocycles. The normalized spacial score (nSPS) is 17.8. The third-order valence-corrected chi connectivity index (χ3v) is 4.47. The number of hydrogen-bond acceptors (Lipinski definition) is 3. The highest BCUT2D eigenvalue weighted by Gasteiger charge is 2.27. The van der Waals surface area contributed by atoms with Gasteiger partial charge < -0.3 is 5.73 Å². The Morgan fingerprint density at radius 3 is 2.72 bits per heavy atom. The van der Waals surface area contributed by atoms with E-state index in [4.69, 9.17) is 5.73 Å². The van der Waals surface area contributed by atoms with Gasteiger partial charge in [0.2, 0.25) is 5.91 Å². The number of amides is 1. The maximum atomic E-state index is 13.4. The quantitative estimate of drug-likeness (QED) is 0.875. The third kappa shape index (κ3) is 4.60. The van der Waals surface area contributed by atoms with E-state index in [-0.39, 0.29) is 18.4 Å². The third-order valence-electron chi connectivity index (χ3n) is 4.47. The van der Waals surface area contributed by atoms with Crippen molar-refractivity contribution >= 4 is 5.91 Å². The van der Waals surface area contributed by atoms with Gasteiger partial charge in [0, 0.05) is 24.7 Å². The van der Waals surface area contributed by atoms with Crippen molar-refractivity contribution < 1.29 is 13.6 Å². The van der Waals surface area contributed by atoms with Crippen LogP contribution in [-0.2, 0) is 17.8 Å². The summed E-state index contributed by atoms with van der Waals surface area (Å²) >= 11 is 0. The van der Waals surface area contributed by atoms with Crippen LogP contribution in [0.1, 0.15) is 42.3 Å². The second-order valence-corrected chi connectivity index (χ2v) is 6.43. The Morgan fingerprint density at radius 1 is 1.24 bits per heavy atom. The number of aryl methyl sites for hydroxylation is 1. The molecular weight excluding hydrogens is 324 g/mol. The molecule has 1 atom stereocenters. The molecule has 1 fully saturated rings. The first-order valence-corrected chi connectivity index (χ1v) is 8.44. The van der Waals surface area contributed by atoms with E-state index in [9.17, 15) is 13.6 Å². The largest absolute Gasteiger partial charge is 0.370 e. The average Bonchev–Trinajstić information content (AvgIpc) is 3.00. The van der Waals surface area contributed by atoms with E-state index in [1.54, 1.807) is 0 Å². The lowest BCUT2D eigenvalue weighted by molar-refractivity contribution is -0.118. The Kier molecular flexibility index (Phi) is 5.38. The molecule has 0 saturated carbocycles. The van der Waals surface area contributed by atoms with Gasteiger partial charge in [0.1, 0.15) is 11.6 Å². The topological polar surface area (TPSA) is 59.2 Å². The fourth-order valence-electron chi connectivity index (χ4n) is 3.36.